The fourth-order valence-corrected chi connectivity index (χ4v) is 6.67. The van der Waals surface area contributed by atoms with Crippen molar-refractivity contribution in [1.82, 2.24) is 0 Å². The van der Waals surface area contributed by atoms with E-state index in [9.17, 15) is 26.1 Å². The summed E-state index contributed by atoms with van der Waals surface area (Å²) >= 11 is 0. The van der Waals surface area contributed by atoms with Crippen molar-refractivity contribution in [2.24, 2.45) is 0 Å². The molecule has 1 heterocycles. The number of ether oxygens (including phenoxy) is 3. The summed E-state index contributed by atoms with van der Waals surface area (Å²) in [5, 5.41) is -5.01. The minimum atomic E-state index is -6.11. The van der Waals surface area contributed by atoms with Gasteiger partial charge in [0.25, 0.3) is 0 Å². The van der Waals surface area contributed by atoms with Gasteiger partial charge in [-0.05, 0) is 81.4 Å². The zero-order valence-electron chi connectivity index (χ0n) is 21.6. The first-order chi connectivity index (χ1) is 18.2. The van der Waals surface area contributed by atoms with Gasteiger partial charge in [-0.25, -0.2) is 12.8 Å². The summed E-state index contributed by atoms with van der Waals surface area (Å²) in [7, 11) is -6.60. The number of hydrogen-bond donors (Lipinski definition) is 0. The van der Waals surface area contributed by atoms with E-state index in [0.717, 1.165) is 20.2 Å². The maximum atomic E-state index is 13.7. The predicted octanol–water partition coefficient (Wildman–Crippen LogP) is 6.03. The van der Waals surface area contributed by atoms with E-state index in [-0.39, 0.29) is 11.4 Å². The first kappa shape index (κ1) is 29.4. The quantitative estimate of drug-likeness (QED) is 0.215. The van der Waals surface area contributed by atoms with Crippen molar-refractivity contribution in [3.05, 3.63) is 84.4 Å². The summed E-state index contributed by atoms with van der Waals surface area (Å²) < 4.78 is 89.6. The van der Waals surface area contributed by atoms with Crippen LogP contribution < -0.4 is 4.74 Å². The average molecular weight is 583 g/mol. The van der Waals surface area contributed by atoms with E-state index in [0.29, 0.717) is 6.61 Å². The fraction of sp³-hybridized carbons (Fsp3) is 0.357. The third-order valence-electron chi connectivity index (χ3n) is 6.16. The van der Waals surface area contributed by atoms with Crippen molar-refractivity contribution in [2.75, 3.05) is 13.2 Å². The molecule has 1 fully saturated rings. The topological polar surface area (TPSA) is 84.9 Å². The molecule has 3 atom stereocenters. The van der Waals surface area contributed by atoms with Crippen LogP contribution in [0.15, 0.2) is 93.5 Å². The van der Waals surface area contributed by atoms with Crippen molar-refractivity contribution in [1.29, 1.82) is 0 Å². The van der Waals surface area contributed by atoms with Crippen LogP contribution in [0, 0.1) is 0 Å². The molecule has 0 aliphatic carbocycles. The van der Waals surface area contributed by atoms with Gasteiger partial charge >= 0.3 is 5.25 Å². The standard InChI is InChI=1S/C28H29F3O6S2/c1-26(2)19-36-27(3,37-26)20-9-13-23(14-10-20)38(22-7-5-4-6-8-22)24-15-11-21(12-16-24)35-18-17-25(29)28(30,31)39(32,33)34/h4-16,25H,17-19H2,1-3H3. The molecule has 210 valence electrons. The molecular weight excluding hydrogens is 553 g/mol. The van der Waals surface area contributed by atoms with Gasteiger partial charge < -0.3 is 18.8 Å². The van der Waals surface area contributed by atoms with Gasteiger partial charge in [-0.15, -0.1) is 0 Å². The van der Waals surface area contributed by atoms with Gasteiger partial charge in [-0.3, -0.25) is 0 Å². The Morgan fingerprint density at radius 3 is 2.00 bits per heavy atom. The van der Waals surface area contributed by atoms with E-state index in [1.807, 2.05) is 87.5 Å². The molecule has 0 amide bonds. The molecular formula is C28H29F3O6S2. The zero-order chi connectivity index (χ0) is 28.5. The Hall–Kier alpha value is -2.57. The van der Waals surface area contributed by atoms with Crippen LogP contribution in [0.1, 0.15) is 32.8 Å². The molecule has 0 aromatic heterocycles. The third-order valence-corrected chi connectivity index (χ3v) is 9.31. The largest absolute Gasteiger partial charge is 0.743 e. The first-order valence-electron chi connectivity index (χ1n) is 12.2. The Kier molecular flexibility index (Phi) is 8.39. The SMILES string of the molecule is CC1(C)COC(C)(c2ccc([S+](c3ccccc3)c3ccc(OCCC(F)C(F)(F)S(=O)(=O)[O-])cc3)cc2)O1. The molecule has 3 aromatic carbocycles. The second kappa shape index (κ2) is 11.1. The molecule has 0 bridgehead atoms. The molecule has 11 heteroatoms. The molecule has 6 nitrogen and oxygen atoms in total. The minimum Gasteiger partial charge on any atom is -0.743 e. The lowest BCUT2D eigenvalue weighted by Crippen LogP contribution is -2.39. The minimum absolute atomic E-state index is 0.289. The van der Waals surface area contributed by atoms with Crippen LogP contribution in [0.2, 0.25) is 0 Å². The van der Waals surface area contributed by atoms with Gasteiger partial charge in [-0.2, -0.15) is 8.78 Å². The normalized spacial score (nSPS) is 20.9. The molecule has 3 aromatic rings. The lowest BCUT2D eigenvalue weighted by atomic mass is 10.1. The predicted molar refractivity (Wildman–Crippen MR) is 140 cm³/mol. The lowest BCUT2D eigenvalue weighted by molar-refractivity contribution is -0.176. The molecule has 1 aliphatic rings. The molecule has 1 saturated heterocycles. The highest BCUT2D eigenvalue weighted by atomic mass is 32.2. The molecule has 1 aliphatic heterocycles. The Balaban J connectivity index is 1.51. The van der Waals surface area contributed by atoms with E-state index in [2.05, 4.69) is 0 Å². The number of hydrogen-bond acceptors (Lipinski definition) is 6. The lowest BCUT2D eigenvalue weighted by Gasteiger charge is -2.26. The Bertz CT molecular complexity index is 1370. The Labute approximate surface area is 229 Å². The van der Waals surface area contributed by atoms with Crippen molar-refractivity contribution in [2.45, 2.75) is 64.7 Å². The second-order valence-corrected chi connectivity index (χ2v) is 13.3. The van der Waals surface area contributed by atoms with E-state index < -0.39 is 51.3 Å². The number of rotatable bonds is 10. The summed E-state index contributed by atoms with van der Waals surface area (Å²) in [6, 6.07) is 24.9. The highest BCUT2D eigenvalue weighted by molar-refractivity contribution is 7.97. The Morgan fingerprint density at radius 2 is 1.49 bits per heavy atom. The van der Waals surface area contributed by atoms with Gasteiger partial charge in [0.05, 0.1) is 29.7 Å². The zero-order valence-corrected chi connectivity index (χ0v) is 23.2. The van der Waals surface area contributed by atoms with Gasteiger partial charge in [0.15, 0.2) is 36.8 Å². The van der Waals surface area contributed by atoms with Gasteiger partial charge in [0.1, 0.15) is 5.75 Å². The first-order valence-corrected chi connectivity index (χ1v) is 14.8. The van der Waals surface area contributed by atoms with Crippen LogP contribution in [0.4, 0.5) is 13.2 Å². The van der Waals surface area contributed by atoms with Gasteiger partial charge in [-0.1, -0.05) is 18.2 Å². The highest BCUT2D eigenvalue weighted by Crippen LogP contribution is 2.40. The smallest absolute Gasteiger partial charge is 0.364 e. The summed E-state index contributed by atoms with van der Waals surface area (Å²) in [5.74, 6) is -0.551. The van der Waals surface area contributed by atoms with Crippen molar-refractivity contribution >= 4 is 21.0 Å². The third kappa shape index (κ3) is 6.60. The van der Waals surface area contributed by atoms with Crippen molar-refractivity contribution in [3.63, 3.8) is 0 Å². The monoisotopic (exact) mass is 582 g/mol. The van der Waals surface area contributed by atoms with E-state index >= 15 is 0 Å². The van der Waals surface area contributed by atoms with Crippen molar-refractivity contribution < 1.29 is 40.4 Å². The fourth-order valence-electron chi connectivity index (χ4n) is 4.18. The van der Waals surface area contributed by atoms with E-state index in [1.54, 1.807) is 12.1 Å². The molecule has 39 heavy (non-hydrogen) atoms. The molecule has 0 spiro atoms. The Morgan fingerprint density at radius 1 is 0.949 bits per heavy atom. The summed E-state index contributed by atoms with van der Waals surface area (Å²) in [6.45, 7) is 5.82. The second-order valence-electron chi connectivity index (χ2n) is 9.83. The maximum absolute atomic E-state index is 13.7. The summed E-state index contributed by atoms with van der Waals surface area (Å²) in [5.41, 5.74) is 0.518. The highest BCUT2D eigenvalue weighted by Gasteiger charge is 2.47. The van der Waals surface area contributed by atoms with Crippen LogP contribution in [-0.4, -0.2) is 43.2 Å². The summed E-state index contributed by atoms with van der Waals surface area (Å²) in [4.78, 5) is 3.07. The van der Waals surface area contributed by atoms with Crippen LogP contribution >= 0.6 is 0 Å². The number of alkyl halides is 3. The number of halogens is 3. The summed E-state index contributed by atoms with van der Waals surface area (Å²) in [6.07, 6.45) is -4.12. The number of benzene rings is 3. The van der Waals surface area contributed by atoms with Crippen LogP contribution in [0.25, 0.3) is 0 Å². The van der Waals surface area contributed by atoms with Crippen LogP contribution in [-0.2, 0) is 36.3 Å². The van der Waals surface area contributed by atoms with E-state index in [4.69, 9.17) is 14.2 Å². The van der Waals surface area contributed by atoms with Crippen LogP contribution in [0.3, 0.4) is 0 Å². The van der Waals surface area contributed by atoms with Crippen LogP contribution in [0.5, 0.6) is 5.75 Å². The molecule has 0 saturated carbocycles. The molecule has 0 N–H and O–H groups in total. The molecule has 4 rings (SSSR count). The molecule has 0 radical (unpaired) electrons. The maximum Gasteiger partial charge on any atom is 0.364 e. The molecule has 3 unspecified atom stereocenters. The van der Waals surface area contributed by atoms with Crippen molar-refractivity contribution in [3.8, 4) is 5.75 Å². The van der Waals surface area contributed by atoms with Gasteiger partial charge in [0.2, 0.25) is 0 Å². The van der Waals surface area contributed by atoms with Gasteiger partial charge in [0, 0.05) is 12.0 Å². The average Bonchev–Trinajstić information content (AvgIpc) is 3.19. The van der Waals surface area contributed by atoms with E-state index in [1.165, 1.54) is 0 Å².